The van der Waals surface area contributed by atoms with Gasteiger partial charge in [-0.3, -0.25) is 0 Å². The van der Waals surface area contributed by atoms with Crippen LogP contribution in [0.3, 0.4) is 0 Å². The van der Waals surface area contributed by atoms with Crippen LogP contribution < -0.4 is 5.73 Å². The van der Waals surface area contributed by atoms with E-state index in [0.717, 1.165) is 6.20 Å². The fraction of sp³-hybridized carbons (Fsp3) is 0.400. The molecule has 0 spiro atoms. The molecule has 0 aliphatic heterocycles. The summed E-state index contributed by atoms with van der Waals surface area (Å²) in [5.41, 5.74) is 5.28. The first kappa shape index (κ1) is 13.9. The predicted molar refractivity (Wildman–Crippen MR) is 64.9 cm³/mol. The average molecular weight is 275 g/mol. The molecule has 0 radical (unpaired) electrons. The van der Waals surface area contributed by atoms with Gasteiger partial charge in [-0.25, -0.2) is 9.79 Å². The highest BCUT2D eigenvalue weighted by Crippen LogP contribution is 2.25. The van der Waals surface area contributed by atoms with Crippen molar-refractivity contribution < 1.29 is 9.90 Å². The smallest absolute Gasteiger partial charge is 0.355 e. The van der Waals surface area contributed by atoms with Crippen LogP contribution in [0.4, 0.5) is 0 Å². The fourth-order valence-electron chi connectivity index (χ4n) is 0.585. The molecule has 4 nitrogen and oxygen atoms in total. The van der Waals surface area contributed by atoms with Gasteiger partial charge in [-0.15, -0.1) is 0 Å². The second kappa shape index (κ2) is 5.11. The zero-order valence-corrected chi connectivity index (χ0v) is 10.6. The van der Waals surface area contributed by atoms with Crippen LogP contribution in [0.15, 0.2) is 28.0 Å². The molecule has 0 saturated carbocycles. The van der Waals surface area contributed by atoms with Crippen LogP contribution in [0.25, 0.3) is 0 Å². The normalized spacial score (nSPS) is 13.9. The van der Waals surface area contributed by atoms with E-state index in [1.54, 1.807) is 0 Å². The Bertz CT molecular complexity index is 338. The second-order valence-electron chi connectivity index (χ2n) is 3.98. The van der Waals surface area contributed by atoms with Gasteiger partial charge in [-0.05, 0) is 15.9 Å². The third-order valence-corrected chi connectivity index (χ3v) is 2.33. The van der Waals surface area contributed by atoms with Gasteiger partial charge < -0.3 is 10.8 Å². The minimum Gasteiger partial charge on any atom is -0.476 e. The minimum atomic E-state index is -1.14. The molecule has 0 aliphatic carbocycles. The molecule has 0 aromatic heterocycles. The Morgan fingerprint density at radius 1 is 1.53 bits per heavy atom. The van der Waals surface area contributed by atoms with Gasteiger partial charge in [0.1, 0.15) is 0 Å². The van der Waals surface area contributed by atoms with Gasteiger partial charge in [0.2, 0.25) is 0 Å². The lowest BCUT2D eigenvalue weighted by Gasteiger charge is -2.18. The summed E-state index contributed by atoms with van der Waals surface area (Å²) in [6.45, 7) is 9.43. The molecule has 84 valence electrons. The summed E-state index contributed by atoms with van der Waals surface area (Å²) in [6, 6.07) is 0. The second-order valence-corrected chi connectivity index (χ2v) is 4.83. The molecule has 0 saturated heterocycles. The molecule has 0 rings (SSSR count). The van der Waals surface area contributed by atoms with Gasteiger partial charge in [0.05, 0.1) is 4.48 Å². The number of halogens is 1. The molecule has 0 amide bonds. The minimum absolute atomic E-state index is 0.141. The molecule has 0 aromatic rings. The zero-order valence-electron chi connectivity index (χ0n) is 9.04. The van der Waals surface area contributed by atoms with Gasteiger partial charge >= 0.3 is 5.97 Å². The molecule has 5 heteroatoms. The highest BCUT2D eigenvalue weighted by atomic mass is 79.9. The van der Waals surface area contributed by atoms with Crippen molar-refractivity contribution in [1.82, 2.24) is 0 Å². The van der Waals surface area contributed by atoms with Crippen molar-refractivity contribution in [2.45, 2.75) is 20.8 Å². The number of allylic oxidation sites excluding steroid dienone is 1. The maximum atomic E-state index is 10.9. The summed E-state index contributed by atoms with van der Waals surface area (Å²) in [5.74, 6) is -1.14. The van der Waals surface area contributed by atoms with Crippen molar-refractivity contribution in [3.05, 3.63) is 23.0 Å². The molecule has 0 bridgehead atoms. The number of nitrogens with zero attached hydrogens (tertiary/aromatic N) is 1. The van der Waals surface area contributed by atoms with Crippen LogP contribution in [-0.4, -0.2) is 16.8 Å². The van der Waals surface area contributed by atoms with Crippen molar-refractivity contribution in [2.24, 2.45) is 16.1 Å². The summed E-state index contributed by atoms with van der Waals surface area (Å²) < 4.78 is 0.236. The van der Waals surface area contributed by atoms with Crippen molar-refractivity contribution in [2.75, 3.05) is 0 Å². The maximum Gasteiger partial charge on any atom is 0.355 e. The number of aliphatic carboxylic acids is 1. The first-order valence-corrected chi connectivity index (χ1v) is 5.08. The number of carboxylic acids is 1. The molecule has 15 heavy (non-hydrogen) atoms. The molecule has 3 N–H and O–H groups in total. The third kappa shape index (κ3) is 4.29. The van der Waals surface area contributed by atoms with E-state index in [0.29, 0.717) is 5.70 Å². The Hall–Kier alpha value is -1.10. The van der Waals surface area contributed by atoms with E-state index in [4.69, 9.17) is 10.8 Å². The number of carboxylic acid groups (broad SMARTS) is 1. The Kier molecular flexibility index (Phi) is 4.74. The van der Waals surface area contributed by atoms with Crippen molar-refractivity contribution in [1.29, 1.82) is 0 Å². The Labute approximate surface area is 97.7 Å². The largest absolute Gasteiger partial charge is 0.476 e. The van der Waals surface area contributed by atoms with E-state index in [2.05, 4.69) is 27.5 Å². The van der Waals surface area contributed by atoms with E-state index >= 15 is 0 Å². The quantitative estimate of drug-likeness (QED) is 0.776. The summed E-state index contributed by atoms with van der Waals surface area (Å²) in [6.07, 6.45) is 1.14. The molecule has 0 aliphatic rings. The van der Waals surface area contributed by atoms with Crippen molar-refractivity contribution >= 4 is 27.6 Å². The van der Waals surface area contributed by atoms with Crippen molar-refractivity contribution in [3.63, 3.8) is 0 Å². The first-order chi connectivity index (χ1) is 6.70. The summed E-state index contributed by atoms with van der Waals surface area (Å²) >= 11 is 3.02. The zero-order chi connectivity index (χ0) is 12.2. The number of aliphatic imine (C=N–C) groups is 1. The average Bonchev–Trinajstić information content (AvgIpc) is 2.10. The van der Waals surface area contributed by atoms with E-state index in [9.17, 15) is 4.79 Å². The van der Waals surface area contributed by atoms with Crippen molar-refractivity contribution in [3.8, 4) is 0 Å². The predicted octanol–water partition coefficient (Wildman–Crippen LogP) is 2.27. The molecule has 0 aromatic carbocycles. The Morgan fingerprint density at radius 2 is 2.00 bits per heavy atom. The van der Waals surface area contributed by atoms with Crippen LogP contribution in [0.5, 0.6) is 0 Å². The van der Waals surface area contributed by atoms with Gasteiger partial charge in [-0.2, -0.15) is 0 Å². The molecule has 0 atom stereocenters. The number of hydrogen-bond donors (Lipinski definition) is 2. The standard InChI is InChI=1S/C10H15BrN2O2/c1-6(10(2,3)4)13-8(9(14)15)7(11)5-12/h5H,1,12H2,2-4H3,(H,14,15)/b7-5+,13-8?. The maximum absolute atomic E-state index is 10.9. The van der Waals surface area contributed by atoms with Gasteiger partial charge in [0, 0.05) is 17.3 Å². The van der Waals surface area contributed by atoms with Crippen LogP contribution in [0.2, 0.25) is 0 Å². The van der Waals surface area contributed by atoms with E-state index in [1.165, 1.54) is 0 Å². The summed E-state index contributed by atoms with van der Waals surface area (Å²) in [5, 5.41) is 8.89. The topological polar surface area (TPSA) is 75.7 Å². The highest BCUT2D eigenvalue weighted by Gasteiger charge is 2.19. The van der Waals surface area contributed by atoms with Gasteiger partial charge in [0.25, 0.3) is 0 Å². The first-order valence-electron chi connectivity index (χ1n) is 4.29. The van der Waals surface area contributed by atoms with Gasteiger partial charge in [-0.1, -0.05) is 27.4 Å². The van der Waals surface area contributed by atoms with E-state index < -0.39 is 5.97 Å². The Balaban J connectivity index is 5.21. The number of carbonyl (C=O) groups is 1. The third-order valence-electron chi connectivity index (χ3n) is 1.69. The Morgan fingerprint density at radius 3 is 2.27 bits per heavy atom. The molecular formula is C10H15BrN2O2. The van der Waals surface area contributed by atoms with Gasteiger partial charge in [0.15, 0.2) is 5.71 Å². The molecular weight excluding hydrogens is 260 g/mol. The number of hydrogen-bond acceptors (Lipinski definition) is 3. The lowest BCUT2D eigenvalue weighted by molar-refractivity contribution is -0.129. The summed E-state index contributed by atoms with van der Waals surface area (Å²) in [4.78, 5) is 14.8. The van der Waals surface area contributed by atoms with Crippen LogP contribution in [0, 0.1) is 5.41 Å². The van der Waals surface area contributed by atoms with E-state index in [-0.39, 0.29) is 15.6 Å². The lowest BCUT2D eigenvalue weighted by atomic mass is 9.93. The molecule has 0 heterocycles. The lowest BCUT2D eigenvalue weighted by Crippen LogP contribution is -2.17. The fourth-order valence-corrected chi connectivity index (χ4v) is 0.843. The van der Waals surface area contributed by atoms with Crippen LogP contribution in [0.1, 0.15) is 20.8 Å². The molecule has 0 fully saturated rings. The SMILES string of the molecule is C=C(N=C(C(=O)O)/C(Br)=C\N)C(C)(C)C. The van der Waals surface area contributed by atoms with E-state index in [1.807, 2.05) is 20.8 Å². The number of rotatable bonds is 3. The summed E-state index contributed by atoms with van der Waals surface area (Å²) in [7, 11) is 0. The number of nitrogens with two attached hydrogens (primary N) is 1. The van der Waals surface area contributed by atoms with Crippen LogP contribution in [-0.2, 0) is 4.79 Å². The monoisotopic (exact) mass is 274 g/mol. The highest BCUT2D eigenvalue weighted by molar-refractivity contribution is 9.12. The molecule has 0 unspecified atom stereocenters. The van der Waals surface area contributed by atoms with Crippen LogP contribution >= 0.6 is 15.9 Å².